The molecule has 0 spiro atoms. The summed E-state index contributed by atoms with van der Waals surface area (Å²) in [6.07, 6.45) is 2.74. The third-order valence-corrected chi connectivity index (χ3v) is 3.94. The van der Waals surface area contributed by atoms with E-state index in [2.05, 4.69) is 4.99 Å². The van der Waals surface area contributed by atoms with Gasteiger partial charge in [0, 0.05) is 6.54 Å². The van der Waals surface area contributed by atoms with E-state index in [0.717, 1.165) is 19.3 Å². The Hall–Kier alpha value is 0.130. The van der Waals surface area contributed by atoms with Crippen molar-refractivity contribution in [1.29, 1.82) is 0 Å². The summed E-state index contributed by atoms with van der Waals surface area (Å²) in [5, 5.41) is 0. The van der Waals surface area contributed by atoms with Gasteiger partial charge in [0.1, 0.15) is 0 Å². The Morgan fingerprint density at radius 1 is 1.18 bits per heavy atom. The van der Waals surface area contributed by atoms with E-state index in [4.69, 9.17) is 24.5 Å². The monoisotopic (exact) mass is 288 g/mol. The van der Waals surface area contributed by atoms with E-state index < -0.39 is 27.2 Å². The number of unbranched alkanes of at least 4 members (excludes halogenated alkanes) is 3. The van der Waals surface area contributed by atoms with Crippen LogP contribution in [0.2, 0.25) is 0 Å². The molecule has 0 heterocycles. The molecule has 0 aliphatic carbocycles. The zero-order valence-electron chi connectivity index (χ0n) is 9.73. The lowest BCUT2D eigenvalue weighted by Crippen LogP contribution is -2.10. The Kier molecular flexibility index (Phi) is 7.60. The first kappa shape index (κ1) is 17.1. The molecule has 9 heteroatoms. The maximum atomic E-state index is 11.0. The second-order valence-corrected chi connectivity index (χ2v) is 7.06. The lowest BCUT2D eigenvalue weighted by Gasteiger charge is -2.09. The average Bonchev–Trinajstić information content (AvgIpc) is 2.12. The highest BCUT2D eigenvalue weighted by atomic mass is 31.2. The van der Waals surface area contributed by atoms with Crippen molar-refractivity contribution in [2.45, 2.75) is 32.6 Å². The maximum absolute atomic E-state index is 11.0. The van der Waals surface area contributed by atoms with Crippen molar-refractivity contribution in [1.82, 2.24) is 0 Å². The summed E-state index contributed by atoms with van der Waals surface area (Å²) in [5.74, 6) is 0. The van der Waals surface area contributed by atoms with Crippen LogP contribution >= 0.6 is 15.5 Å². The van der Waals surface area contributed by atoms with E-state index in [1.165, 1.54) is 0 Å². The van der Waals surface area contributed by atoms with Gasteiger partial charge in [0.25, 0.3) is 0 Å². The van der Waals surface area contributed by atoms with Gasteiger partial charge in [-0.15, -0.1) is 0 Å². The molecular formula is C8H20NO6P2+. The lowest BCUT2D eigenvalue weighted by molar-refractivity contribution is 0.335. The first-order chi connectivity index (χ1) is 7.67. The molecule has 0 aromatic heterocycles. The Balaban J connectivity index is 4.39. The molecule has 0 fully saturated rings. The number of aliphatic imine (C=N–C) groups is 1. The van der Waals surface area contributed by atoms with Crippen LogP contribution in [0.5, 0.6) is 0 Å². The fourth-order valence-corrected chi connectivity index (χ4v) is 3.24. The van der Waals surface area contributed by atoms with Gasteiger partial charge in [-0.1, -0.05) is 26.2 Å². The summed E-state index contributed by atoms with van der Waals surface area (Å²) in [4.78, 5) is 47.8. The summed E-state index contributed by atoms with van der Waals surface area (Å²) in [5.41, 5.74) is -0.644. The second-order valence-electron chi connectivity index (χ2n) is 3.75. The van der Waals surface area contributed by atoms with Crippen molar-refractivity contribution < 1.29 is 29.0 Å². The van der Waals surface area contributed by atoms with Crippen LogP contribution in [0, 0.1) is 0 Å². The molecule has 0 saturated heterocycles. The zero-order valence-corrected chi connectivity index (χ0v) is 11.5. The van der Waals surface area contributed by atoms with E-state index in [9.17, 15) is 4.57 Å². The van der Waals surface area contributed by atoms with E-state index in [-0.39, 0.29) is 6.54 Å². The Morgan fingerprint density at radius 3 is 2.18 bits per heavy atom. The molecule has 7 nitrogen and oxygen atoms in total. The minimum absolute atomic E-state index is 0.209. The van der Waals surface area contributed by atoms with Crippen LogP contribution in [-0.4, -0.2) is 42.6 Å². The molecule has 102 valence electrons. The third kappa shape index (κ3) is 9.80. The topological polar surface area (TPSA) is 131 Å². The predicted molar refractivity (Wildman–Crippen MR) is 66.9 cm³/mol. The molecule has 0 bridgehead atoms. The highest BCUT2D eigenvalue weighted by molar-refractivity contribution is 7.74. The smallest absolute Gasteiger partial charge is 0.320 e. The van der Waals surface area contributed by atoms with E-state index in [1.807, 2.05) is 6.92 Å². The van der Waals surface area contributed by atoms with Crippen molar-refractivity contribution in [3.05, 3.63) is 0 Å². The first-order valence-electron chi connectivity index (χ1n) is 5.32. The molecule has 0 saturated carbocycles. The Morgan fingerprint density at radius 2 is 1.76 bits per heavy atom. The van der Waals surface area contributed by atoms with E-state index in [1.54, 1.807) is 0 Å². The maximum Gasteiger partial charge on any atom is 0.410 e. The molecule has 0 radical (unpaired) electrons. The minimum atomic E-state index is -4.63. The van der Waals surface area contributed by atoms with Crippen LogP contribution in [0.15, 0.2) is 4.99 Å². The van der Waals surface area contributed by atoms with Crippen LogP contribution in [0.1, 0.15) is 32.6 Å². The standard InChI is InChI=1S/C8H19NO6P2/c1-2-3-4-5-6-9-8(17(13,14)15)7-16(10,11)12/h10-12H,2-7H2,1H3,(H-,13,14,15)/p+1. The number of hydrogen-bond donors (Lipinski definition) is 5. The van der Waals surface area contributed by atoms with Gasteiger partial charge in [0.05, 0.1) is 0 Å². The molecule has 0 aliphatic heterocycles. The summed E-state index contributed by atoms with van der Waals surface area (Å²) in [6, 6.07) is 0. The van der Waals surface area contributed by atoms with Crippen LogP contribution in [0.25, 0.3) is 0 Å². The highest BCUT2D eigenvalue weighted by Crippen LogP contribution is 2.50. The predicted octanol–water partition coefficient (Wildman–Crippen LogP) is 0.882. The molecule has 0 atom stereocenters. The summed E-state index contributed by atoms with van der Waals surface area (Å²) < 4.78 is 11.0. The molecule has 0 amide bonds. The lowest BCUT2D eigenvalue weighted by atomic mass is 10.2. The molecule has 5 N–H and O–H groups in total. The number of hydrogen-bond acceptors (Lipinski definition) is 5. The molecule has 17 heavy (non-hydrogen) atoms. The van der Waals surface area contributed by atoms with Gasteiger partial charge in [-0.2, -0.15) is 14.7 Å². The van der Waals surface area contributed by atoms with Crippen LogP contribution in [0.4, 0.5) is 0 Å². The van der Waals surface area contributed by atoms with Crippen molar-refractivity contribution in [2.75, 3.05) is 12.7 Å². The fourth-order valence-electron chi connectivity index (χ4n) is 1.17. The minimum Gasteiger partial charge on any atom is -0.320 e. The van der Waals surface area contributed by atoms with Crippen molar-refractivity contribution in [3.63, 3.8) is 0 Å². The van der Waals surface area contributed by atoms with E-state index >= 15 is 0 Å². The first-order valence-corrected chi connectivity index (χ1v) is 8.77. The summed E-state index contributed by atoms with van der Waals surface area (Å²) in [7, 11) is -8.88. The van der Waals surface area contributed by atoms with Gasteiger partial charge in [0.15, 0.2) is 11.6 Å². The zero-order chi connectivity index (χ0) is 13.5. The largest absolute Gasteiger partial charge is 0.410 e. The summed E-state index contributed by atoms with van der Waals surface area (Å²) in [6.45, 7) is 2.24. The van der Waals surface area contributed by atoms with Crippen LogP contribution < -0.4 is 0 Å². The van der Waals surface area contributed by atoms with Gasteiger partial charge in [-0.25, -0.2) is 0 Å². The molecule has 0 aliphatic rings. The number of rotatable bonds is 8. The quantitative estimate of drug-likeness (QED) is 0.256. The molecule has 0 aromatic rings. The fraction of sp³-hybridized carbons (Fsp3) is 0.875. The summed E-state index contributed by atoms with van der Waals surface area (Å²) >= 11 is 0. The molecule has 0 rings (SSSR count). The molecule has 0 aromatic carbocycles. The SMILES string of the molecule is CCCCCCN=C(C[P+](O)(O)O)P(=O)(O)O. The molecular weight excluding hydrogens is 268 g/mol. The average molecular weight is 288 g/mol. The number of nitrogens with zero attached hydrogens (tertiary/aromatic N) is 1. The normalized spacial score (nSPS) is 14.1. The van der Waals surface area contributed by atoms with Crippen molar-refractivity contribution in [3.8, 4) is 0 Å². The van der Waals surface area contributed by atoms with Gasteiger partial charge >= 0.3 is 15.5 Å². The van der Waals surface area contributed by atoms with Gasteiger partial charge in [-0.05, 0) is 6.42 Å². The Labute approximate surface area is 101 Å². The second kappa shape index (κ2) is 7.54. The molecule has 0 unspecified atom stereocenters. The highest BCUT2D eigenvalue weighted by Gasteiger charge is 2.39. The van der Waals surface area contributed by atoms with Gasteiger partial charge in [-0.3, -0.25) is 9.56 Å². The van der Waals surface area contributed by atoms with Crippen LogP contribution in [-0.2, 0) is 4.57 Å². The van der Waals surface area contributed by atoms with E-state index in [0.29, 0.717) is 6.42 Å². The van der Waals surface area contributed by atoms with Gasteiger partial charge in [0.2, 0.25) is 0 Å². The third-order valence-electron chi connectivity index (χ3n) is 2.00. The van der Waals surface area contributed by atoms with Gasteiger partial charge < -0.3 is 9.79 Å². The van der Waals surface area contributed by atoms with Crippen LogP contribution in [0.3, 0.4) is 0 Å². The Bertz CT molecular complexity index is 295. The van der Waals surface area contributed by atoms with Crippen molar-refractivity contribution >= 4 is 21.0 Å². The van der Waals surface area contributed by atoms with Crippen molar-refractivity contribution in [2.24, 2.45) is 4.99 Å².